The molecule has 0 unspecified atom stereocenters. The van der Waals surface area contributed by atoms with E-state index in [0.717, 1.165) is 16.5 Å². The molecule has 2 aromatic carbocycles. The Morgan fingerprint density at radius 3 is 2.70 bits per heavy atom. The molecule has 0 atom stereocenters. The van der Waals surface area contributed by atoms with Crippen molar-refractivity contribution in [1.82, 2.24) is 15.5 Å². The number of nitrogens with zero attached hydrogens (tertiary/aromatic N) is 1. The molecule has 3 aromatic rings. The van der Waals surface area contributed by atoms with Crippen LogP contribution in [0.1, 0.15) is 5.56 Å². The molecule has 23 heavy (non-hydrogen) atoms. The number of carbonyl (C=O) groups is 2. The van der Waals surface area contributed by atoms with Crippen LogP contribution in [0.4, 0.5) is 5.69 Å². The number of nitrogens with one attached hydrogen (secondary N) is 3. The van der Waals surface area contributed by atoms with Crippen LogP contribution < -0.4 is 10.6 Å². The van der Waals surface area contributed by atoms with Crippen LogP contribution in [0.15, 0.2) is 54.7 Å². The molecule has 0 spiro atoms. The zero-order valence-corrected chi connectivity index (χ0v) is 12.4. The van der Waals surface area contributed by atoms with Gasteiger partial charge in [-0.1, -0.05) is 30.3 Å². The highest BCUT2D eigenvalue weighted by atomic mass is 16.2. The first-order valence-corrected chi connectivity index (χ1v) is 7.28. The van der Waals surface area contributed by atoms with Crippen LogP contribution in [0.5, 0.6) is 0 Å². The van der Waals surface area contributed by atoms with Gasteiger partial charge in [-0.25, -0.2) is 0 Å². The lowest BCUT2D eigenvalue weighted by Crippen LogP contribution is -2.36. The number of amides is 2. The van der Waals surface area contributed by atoms with Crippen molar-refractivity contribution in [3.05, 3.63) is 60.3 Å². The van der Waals surface area contributed by atoms with E-state index >= 15 is 0 Å². The van der Waals surface area contributed by atoms with E-state index in [1.807, 2.05) is 36.4 Å². The van der Waals surface area contributed by atoms with E-state index in [1.165, 1.54) is 0 Å². The summed E-state index contributed by atoms with van der Waals surface area (Å²) in [5, 5.41) is 12.8. The number of aromatic amines is 1. The summed E-state index contributed by atoms with van der Waals surface area (Å²) in [6, 6.07) is 15.1. The van der Waals surface area contributed by atoms with Crippen molar-refractivity contribution < 1.29 is 9.59 Å². The molecule has 1 aromatic heterocycles. The lowest BCUT2D eigenvalue weighted by molar-refractivity contribution is -0.136. The van der Waals surface area contributed by atoms with Gasteiger partial charge in [0.05, 0.1) is 11.7 Å². The molecule has 0 aliphatic carbocycles. The molecule has 0 fully saturated rings. The fourth-order valence-electron chi connectivity index (χ4n) is 2.25. The van der Waals surface area contributed by atoms with Crippen LogP contribution in [0.3, 0.4) is 0 Å². The molecule has 0 saturated carbocycles. The molecule has 2 amide bonds. The molecule has 0 aliphatic heterocycles. The number of fused-ring (bicyclic) bond motifs is 1. The van der Waals surface area contributed by atoms with Crippen LogP contribution in [0.2, 0.25) is 0 Å². The second-order valence-electron chi connectivity index (χ2n) is 5.12. The number of hydrogen-bond donors (Lipinski definition) is 3. The smallest absolute Gasteiger partial charge is 0.313 e. The van der Waals surface area contributed by atoms with Gasteiger partial charge in [-0.3, -0.25) is 14.7 Å². The third-order valence-electron chi connectivity index (χ3n) is 3.45. The highest BCUT2D eigenvalue weighted by Crippen LogP contribution is 2.16. The maximum Gasteiger partial charge on any atom is 0.313 e. The lowest BCUT2D eigenvalue weighted by Gasteiger charge is -2.07. The number of hydrogen-bond acceptors (Lipinski definition) is 3. The Morgan fingerprint density at radius 2 is 1.87 bits per heavy atom. The summed E-state index contributed by atoms with van der Waals surface area (Å²) >= 11 is 0. The summed E-state index contributed by atoms with van der Waals surface area (Å²) in [7, 11) is 0. The van der Waals surface area contributed by atoms with Crippen LogP contribution in [-0.4, -0.2) is 28.6 Å². The molecule has 1 heterocycles. The van der Waals surface area contributed by atoms with Crippen LogP contribution >= 0.6 is 0 Å². The minimum Gasteiger partial charge on any atom is -0.347 e. The van der Waals surface area contributed by atoms with Crippen molar-refractivity contribution in [3.63, 3.8) is 0 Å². The van der Waals surface area contributed by atoms with Crippen molar-refractivity contribution in [3.8, 4) is 0 Å². The highest BCUT2D eigenvalue weighted by molar-refractivity contribution is 6.39. The number of aromatic nitrogens is 2. The lowest BCUT2D eigenvalue weighted by atomic mass is 10.1. The Kier molecular flexibility index (Phi) is 4.33. The predicted octanol–water partition coefficient (Wildman–Crippen LogP) is 1.86. The monoisotopic (exact) mass is 308 g/mol. The van der Waals surface area contributed by atoms with E-state index in [4.69, 9.17) is 0 Å². The van der Waals surface area contributed by atoms with Crippen LogP contribution in [0, 0.1) is 0 Å². The first kappa shape index (κ1) is 14.8. The normalized spacial score (nSPS) is 10.4. The zero-order valence-electron chi connectivity index (χ0n) is 12.4. The molecular weight excluding hydrogens is 292 g/mol. The van der Waals surface area contributed by atoms with Gasteiger partial charge in [0, 0.05) is 17.6 Å². The quantitative estimate of drug-likeness (QED) is 0.643. The molecule has 6 heteroatoms. The van der Waals surface area contributed by atoms with Crippen molar-refractivity contribution in [2.24, 2.45) is 0 Å². The summed E-state index contributed by atoms with van der Waals surface area (Å²) < 4.78 is 0. The van der Waals surface area contributed by atoms with Gasteiger partial charge < -0.3 is 10.6 Å². The van der Waals surface area contributed by atoms with E-state index in [0.29, 0.717) is 18.7 Å². The molecule has 0 aliphatic rings. The maximum atomic E-state index is 11.9. The third-order valence-corrected chi connectivity index (χ3v) is 3.45. The standard InChI is InChI=1S/C17H16N4O2/c22-16(18-9-8-12-4-2-1-3-5-12)17(23)20-14-7-6-13-11-19-21-15(13)10-14/h1-7,10-11H,8-9H2,(H,18,22)(H,19,21)(H,20,23). The Labute approximate surface area is 132 Å². The largest absolute Gasteiger partial charge is 0.347 e. The van der Waals surface area contributed by atoms with Gasteiger partial charge >= 0.3 is 11.8 Å². The van der Waals surface area contributed by atoms with E-state index in [-0.39, 0.29) is 0 Å². The number of benzene rings is 2. The predicted molar refractivity (Wildman–Crippen MR) is 87.9 cm³/mol. The Balaban J connectivity index is 1.52. The number of rotatable bonds is 4. The Bertz CT molecular complexity index is 827. The second kappa shape index (κ2) is 6.74. The zero-order chi connectivity index (χ0) is 16.1. The Morgan fingerprint density at radius 1 is 1.04 bits per heavy atom. The molecular formula is C17H16N4O2. The molecule has 116 valence electrons. The summed E-state index contributed by atoms with van der Waals surface area (Å²) in [4.78, 5) is 23.7. The van der Waals surface area contributed by atoms with Gasteiger partial charge in [-0.05, 0) is 30.2 Å². The minimum absolute atomic E-state index is 0.413. The van der Waals surface area contributed by atoms with Crippen molar-refractivity contribution in [1.29, 1.82) is 0 Å². The van der Waals surface area contributed by atoms with Gasteiger partial charge in [-0.15, -0.1) is 0 Å². The summed E-state index contributed by atoms with van der Waals surface area (Å²) in [6.45, 7) is 0.413. The molecule has 6 nitrogen and oxygen atoms in total. The number of carbonyl (C=O) groups excluding carboxylic acids is 2. The van der Waals surface area contributed by atoms with Crippen LogP contribution in [0.25, 0.3) is 10.9 Å². The molecule has 0 radical (unpaired) electrons. The maximum absolute atomic E-state index is 11.9. The fraction of sp³-hybridized carbons (Fsp3) is 0.118. The number of anilines is 1. The van der Waals surface area contributed by atoms with Gasteiger partial charge in [0.15, 0.2) is 0 Å². The van der Waals surface area contributed by atoms with Crippen molar-refractivity contribution in [2.75, 3.05) is 11.9 Å². The average molecular weight is 308 g/mol. The topological polar surface area (TPSA) is 86.9 Å². The SMILES string of the molecule is O=C(NCCc1ccccc1)C(=O)Nc1ccc2cn[nH]c2c1. The molecule has 3 rings (SSSR count). The third kappa shape index (κ3) is 3.74. The Hall–Kier alpha value is -3.15. The van der Waals surface area contributed by atoms with Gasteiger partial charge in [0.25, 0.3) is 0 Å². The first-order chi connectivity index (χ1) is 11.2. The number of H-pyrrole nitrogens is 1. The molecule has 3 N–H and O–H groups in total. The van der Waals surface area contributed by atoms with E-state index in [2.05, 4.69) is 20.8 Å². The average Bonchev–Trinajstić information content (AvgIpc) is 3.03. The van der Waals surface area contributed by atoms with E-state index in [1.54, 1.807) is 18.3 Å². The molecule has 0 saturated heterocycles. The summed E-state index contributed by atoms with van der Waals surface area (Å²) in [6.07, 6.45) is 2.37. The van der Waals surface area contributed by atoms with Crippen molar-refractivity contribution in [2.45, 2.75) is 6.42 Å². The summed E-state index contributed by atoms with van der Waals surface area (Å²) in [5.41, 5.74) is 2.45. The van der Waals surface area contributed by atoms with Gasteiger partial charge in [-0.2, -0.15) is 5.10 Å². The van der Waals surface area contributed by atoms with Gasteiger partial charge in [0.2, 0.25) is 0 Å². The first-order valence-electron chi connectivity index (χ1n) is 7.28. The van der Waals surface area contributed by atoms with E-state index < -0.39 is 11.8 Å². The minimum atomic E-state index is -0.683. The van der Waals surface area contributed by atoms with Gasteiger partial charge in [0.1, 0.15) is 0 Å². The summed E-state index contributed by atoms with van der Waals surface area (Å²) in [5.74, 6) is -1.33. The molecule has 0 bridgehead atoms. The fourth-order valence-corrected chi connectivity index (χ4v) is 2.25. The second-order valence-corrected chi connectivity index (χ2v) is 5.12. The highest BCUT2D eigenvalue weighted by Gasteiger charge is 2.13. The van der Waals surface area contributed by atoms with E-state index in [9.17, 15) is 9.59 Å². The van der Waals surface area contributed by atoms with Crippen molar-refractivity contribution >= 4 is 28.4 Å². The van der Waals surface area contributed by atoms with Crippen LogP contribution in [-0.2, 0) is 16.0 Å².